The lowest BCUT2D eigenvalue weighted by Crippen LogP contribution is -2.04. The third kappa shape index (κ3) is 4.73. The molecule has 1 aliphatic rings. The molecule has 2 nitrogen and oxygen atoms in total. The van der Waals surface area contributed by atoms with Gasteiger partial charge in [0.2, 0.25) is 0 Å². The summed E-state index contributed by atoms with van der Waals surface area (Å²) in [6.07, 6.45) is 10.7. The van der Waals surface area contributed by atoms with Crippen LogP contribution in [0.3, 0.4) is 0 Å². The molecule has 0 bridgehead atoms. The molecule has 0 saturated heterocycles. The van der Waals surface area contributed by atoms with Crippen LogP contribution < -0.4 is 0 Å². The van der Waals surface area contributed by atoms with Crippen LogP contribution in [0.15, 0.2) is 54.9 Å². The Balaban J connectivity index is 1.66. The van der Waals surface area contributed by atoms with Gasteiger partial charge in [-0.1, -0.05) is 83.4 Å². The van der Waals surface area contributed by atoms with Gasteiger partial charge in [-0.2, -0.15) is 0 Å². The van der Waals surface area contributed by atoms with E-state index in [-0.39, 0.29) is 0 Å². The zero-order valence-electron chi connectivity index (χ0n) is 21.3. The van der Waals surface area contributed by atoms with Crippen LogP contribution >= 0.6 is 0 Å². The first-order valence-electron chi connectivity index (χ1n) is 13.3. The first kappa shape index (κ1) is 23.0. The molecule has 0 amide bonds. The summed E-state index contributed by atoms with van der Waals surface area (Å²) in [4.78, 5) is 9.66. The van der Waals surface area contributed by atoms with Crippen LogP contribution in [0.25, 0.3) is 32.9 Å². The molecule has 1 aliphatic carbocycles. The highest BCUT2D eigenvalue weighted by molar-refractivity contribution is 6.10. The van der Waals surface area contributed by atoms with Gasteiger partial charge in [0.05, 0.1) is 11.2 Å². The van der Waals surface area contributed by atoms with E-state index in [2.05, 4.69) is 76.2 Å². The number of rotatable bonds is 6. The third-order valence-corrected chi connectivity index (χ3v) is 7.37. The number of benzene rings is 3. The second-order valence-electron chi connectivity index (χ2n) is 11.2. The van der Waals surface area contributed by atoms with Crippen molar-refractivity contribution in [3.05, 3.63) is 71.5 Å². The van der Waals surface area contributed by atoms with Crippen molar-refractivity contribution >= 4 is 21.7 Å². The molecule has 0 spiro atoms. The summed E-state index contributed by atoms with van der Waals surface area (Å²) in [6.45, 7) is 9.22. The van der Waals surface area contributed by atoms with Crippen molar-refractivity contribution in [2.75, 3.05) is 0 Å². The maximum Gasteiger partial charge on any atom is 0.116 e. The molecule has 1 aromatic heterocycles. The lowest BCUT2D eigenvalue weighted by molar-refractivity contribution is 0.443. The average molecular weight is 451 g/mol. The van der Waals surface area contributed by atoms with Gasteiger partial charge < -0.3 is 0 Å². The van der Waals surface area contributed by atoms with Gasteiger partial charge in [-0.25, -0.2) is 9.97 Å². The molecule has 2 heteroatoms. The van der Waals surface area contributed by atoms with Gasteiger partial charge >= 0.3 is 0 Å². The molecule has 0 N–H and O–H groups in total. The van der Waals surface area contributed by atoms with Gasteiger partial charge in [0.15, 0.2) is 0 Å². The summed E-state index contributed by atoms with van der Waals surface area (Å²) in [5, 5.41) is 3.78. The second-order valence-corrected chi connectivity index (χ2v) is 11.2. The molecule has 3 aromatic carbocycles. The van der Waals surface area contributed by atoms with Gasteiger partial charge in [-0.3, -0.25) is 0 Å². The Kier molecular flexibility index (Phi) is 6.68. The van der Waals surface area contributed by atoms with E-state index in [1.165, 1.54) is 65.1 Å². The summed E-state index contributed by atoms with van der Waals surface area (Å²) in [6, 6.07) is 18.5. The number of fused-ring (bicyclic) bond motifs is 3. The van der Waals surface area contributed by atoms with E-state index in [1.807, 2.05) is 0 Å². The van der Waals surface area contributed by atoms with E-state index in [9.17, 15) is 0 Å². The summed E-state index contributed by atoms with van der Waals surface area (Å²) < 4.78 is 0. The minimum Gasteiger partial charge on any atom is -0.236 e. The predicted octanol–water partition coefficient (Wildman–Crippen LogP) is 8.89. The fourth-order valence-corrected chi connectivity index (χ4v) is 5.94. The number of aromatic nitrogens is 2. The minimum absolute atomic E-state index is 0.598. The highest BCUT2D eigenvalue weighted by atomic mass is 14.8. The molecule has 34 heavy (non-hydrogen) atoms. The first-order valence-corrected chi connectivity index (χ1v) is 13.3. The van der Waals surface area contributed by atoms with Crippen molar-refractivity contribution in [2.24, 2.45) is 11.8 Å². The molecule has 0 aliphatic heterocycles. The Morgan fingerprint density at radius 1 is 0.824 bits per heavy atom. The molecule has 1 fully saturated rings. The molecule has 0 atom stereocenters. The Hall–Kier alpha value is -2.74. The highest BCUT2D eigenvalue weighted by Crippen LogP contribution is 2.37. The Morgan fingerprint density at radius 2 is 1.62 bits per heavy atom. The molecule has 0 radical (unpaired) electrons. The lowest BCUT2D eigenvalue weighted by Gasteiger charge is -2.22. The Bertz CT molecular complexity index is 1300. The van der Waals surface area contributed by atoms with Gasteiger partial charge in [0, 0.05) is 16.3 Å². The molecule has 176 valence electrons. The van der Waals surface area contributed by atoms with E-state index < -0.39 is 0 Å². The fraction of sp³-hybridized carbons (Fsp3) is 0.438. The molecule has 1 saturated carbocycles. The summed E-state index contributed by atoms with van der Waals surface area (Å²) in [5.41, 5.74) is 7.71. The third-order valence-electron chi connectivity index (χ3n) is 7.37. The van der Waals surface area contributed by atoms with Crippen LogP contribution in [0.4, 0.5) is 0 Å². The Morgan fingerprint density at radius 3 is 2.38 bits per heavy atom. The van der Waals surface area contributed by atoms with Crippen LogP contribution in [-0.2, 0) is 12.8 Å². The van der Waals surface area contributed by atoms with E-state index in [0.717, 1.165) is 29.4 Å². The van der Waals surface area contributed by atoms with Crippen molar-refractivity contribution in [1.29, 1.82) is 0 Å². The Labute approximate surface area is 204 Å². The molecule has 5 rings (SSSR count). The van der Waals surface area contributed by atoms with Crippen molar-refractivity contribution in [1.82, 2.24) is 9.97 Å². The van der Waals surface area contributed by atoms with E-state index >= 15 is 0 Å². The quantitative estimate of drug-likeness (QED) is 0.274. The SMILES string of the molecule is CC(C)Cc1cc(CC(C)C)c2c(ccc3c(-c4cccc(C5CCCCC5)c4)ncnc32)c1. The zero-order valence-corrected chi connectivity index (χ0v) is 21.3. The van der Waals surface area contributed by atoms with E-state index in [1.54, 1.807) is 6.33 Å². The predicted molar refractivity (Wildman–Crippen MR) is 145 cm³/mol. The first-order chi connectivity index (χ1) is 16.5. The van der Waals surface area contributed by atoms with Gasteiger partial charge in [-0.15, -0.1) is 0 Å². The van der Waals surface area contributed by atoms with E-state index in [0.29, 0.717) is 17.8 Å². The summed E-state index contributed by atoms with van der Waals surface area (Å²) >= 11 is 0. The standard InChI is InChI=1S/C32H38N2/c1-21(2)15-23-17-26-13-14-29-31(27-12-8-11-25(19-27)24-9-6-5-7-10-24)33-20-34-32(29)30(26)28(18-23)16-22(3)4/h8,11-14,17-22,24H,5-7,9-10,15-16H2,1-4H3. The summed E-state index contributed by atoms with van der Waals surface area (Å²) in [7, 11) is 0. The van der Waals surface area contributed by atoms with Crippen molar-refractivity contribution in [2.45, 2.75) is 78.6 Å². The van der Waals surface area contributed by atoms with Crippen LogP contribution in [0.2, 0.25) is 0 Å². The largest absolute Gasteiger partial charge is 0.236 e. The highest BCUT2D eigenvalue weighted by Gasteiger charge is 2.18. The molecule has 4 aromatic rings. The molecular formula is C32H38N2. The zero-order chi connectivity index (χ0) is 23.7. The topological polar surface area (TPSA) is 25.8 Å². The average Bonchev–Trinajstić information content (AvgIpc) is 2.83. The van der Waals surface area contributed by atoms with Crippen molar-refractivity contribution in [3.63, 3.8) is 0 Å². The van der Waals surface area contributed by atoms with E-state index in [4.69, 9.17) is 9.97 Å². The second kappa shape index (κ2) is 9.86. The number of nitrogens with zero attached hydrogens (tertiary/aromatic N) is 2. The van der Waals surface area contributed by atoms with Crippen LogP contribution in [0, 0.1) is 11.8 Å². The monoisotopic (exact) mass is 450 g/mol. The van der Waals surface area contributed by atoms with Crippen molar-refractivity contribution in [3.8, 4) is 11.3 Å². The van der Waals surface area contributed by atoms with Crippen LogP contribution in [0.1, 0.15) is 82.4 Å². The van der Waals surface area contributed by atoms with Crippen molar-refractivity contribution < 1.29 is 0 Å². The fourth-order valence-electron chi connectivity index (χ4n) is 5.94. The number of hydrogen-bond donors (Lipinski definition) is 0. The smallest absolute Gasteiger partial charge is 0.116 e. The van der Waals surface area contributed by atoms with Crippen LogP contribution in [0.5, 0.6) is 0 Å². The van der Waals surface area contributed by atoms with Gasteiger partial charge in [-0.05, 0) is 77.6 Å². The number of hydrogen-bond acceptors (Lipinski definition) is 2. The normalized spacial score (nSPS) is 15.1. The van der Waals surface area contributed by atoms with Gasteiger partial charge in [0.25, 0.3) is 0 Å². The molecular weight excluding hydrogens is 412 g/mol. The summed E-state index contributed by atoms with van der Waals surface area (Å²) in [5.74, 6) is 1.94. The maximum absolute atomic E-state index is 4.86. The minimum atomic E-state index is 0.598. The lowest BCUT2D eigenvalue weighted by atomic mass is 9.83. The van der Waals surface area contributed by atoms with Gasteiger partial charge in [0.1, 0.15) is 6.33 Å². The maximum atomic E-state index is 4.86. The molecule has 1 heterocycles. The molecule has 0 unspecified atom stereocenters. The van der Waals surface area contributed by atoms with Crippen LogP contribution in [-0.4, -0.2) is 9.97 Å².